The van der Waals surface area contributed by atoms with Crippen LogP contribution in [0.15, 0.2) is 174 Å². The predicted molar refractivity (Wildman–Crippen MR) is 347 cm³/mol. The molecule has 1 atom stereocenters. The number of benzene rings is 5. The summed E-state index contributed by atoms with van der Waals surface area (Å²) < 4.78 is 2.88. The van der Waals surface area contributed by atoms with Gasteiger partial charge in [0.15, 0.2) is 0 Å². The topological polar surface area (TPSA) is 9.72 Å². The number of anilines is 6. The summed E-state index contributed by atoms with van der Waals surface area (Å²) in [6, 6.07) is 40.4. The van der Waals surface area contributed by atoms with Crippen LogP contribution < -0.4 is 24.9 Å². The van der Waals surface area contributed by atoms with Crippen molar-refractivity contribution in [3.05, 3.63) is 202 Å². The highest BCUT2D eigenvalue weighted by Gasteiger charge is 2.49. The monoisotopic (exact) mass is 1070 g/mol. The molecule has 5 aromatic carbocycles. The van der Waals surface area contributed by atoms with Gasteiger partial charge in [0.25, 0.3) is 6.71 Å². The second-order valence-electron chi connectivity index (χ2n) is 30.1. The minimum atomic E-state index is -0.152. The minimum Gasteiger partial charge on any atom is -0.312 e. The molecule has 2 aliphatic heterocycles. The molecule has 6 aromatic rings. The maximum Gasteiger partial charge on any atom is 0.260 e. The summed E-state index contributed by atoms with van der Waals surface area (Å²) in [5.41, 5.74) is 23.4. The first kappa shape index (κ1) is 53.3. The van der Waals surface area contributed by atoms with Crippen molar-refractivity contribution in [3.8, 4) is 0 Å². The number of para-hydroxylation sites is 2. The van der Waals surface area contributed by atoms with Gasteiger partial charge in [0.05, 0.1) is 5.69 Å². The fourth-order valence-corrected chi connectivity index (χ4v) is 16.5. The molecule has 410 valence electrons. The van der Waals surface area contributed by atoms with Crippen LogP contribution >= 0.6 is 11.3 Å². The van der Waals surface area contributed by atoms with Gasteiger partial charge in [0.1, 0.15) is 0 Å². The van der Waals surface area contributed by atoms with Crippen molar-refractivity contribution in [2.75, 3.05) is 14.7 Å². The Bertz CT molecular complexity index is 3690. The molecule has 1 unspecified atom stereocenters. The van der Waals surface area contributed by atoms with Gasteiger partial charge < -0.3 is 14.7 Å². The molecule has 0 saturated heterocycles. The molecule has 0 spiro atoms. The van der Waals surface area contributed by atoms with Crippen molar-refractivity contribution in [2.24, 2.45) is 16.7 Å². The average molecular weight is 1070 g/mol. The van der Waals surface area contributed by atoms with E-state index in [1.807, 2.05) is 0 Å². The first-order valence-corrected chi connectivity index (χ1v) is 31.2. The highest BCUT2D eigenvalue weighted by molar-refractivity contribution is 7.32. The Hall–Kier alpha value is -6.04. The molecule has 1 aromatic heterocycles. The van der Waals surface area contributed by atoms with Gasteiger partial charge in [-0.3, -0.25) is 0 Å². The van der Waals surface area contributed by atoms with E-state index in [-0.39, 0.29) is 44.6 Å². The largest absolute Gasteiger partial charge is 0.312 e. The number of rotatable bonds is 5. The van der Waals surface area contributed by atoms with Crippen molar-refractivity contribution in [1.29, 1.82) is 0 Å². The summed E-state index contributed by atoms with van der Waals surface area (Å²) in [5.74, 6) is 0.350. The van der Waals surface area contributed by atoms with E-state index in [9.17, 15) is 0 Å². The standard InChI is InChI=1S/C75H86BN3S/c1-69(2,3)50-42-63-66-64(43-50)79(55-33-34-57-58(44-55)73(10,11)38-37-72(57,8)9)67-56-46-59-60(75(14,15)40-39-74(59,12)13)47-65(56)80-68(67)76(66)61-28-22-27-53(77(51-23-18-16-19-24-51)52-25-20-17-21-26-52)45-62(61)78(63)54-32-31-48-29-30-49(41-54)71(6,7)36-35-70(48,4)5/h16-27,29,31-34,41-47,49H,28,30,35-40H2,1-15H3/b32-31-,48-29-,54-41+. The molecule has 0 radical (unpaired) electrons. The van der Waals surface area contributed by atoms with Crippen molar-refractivity contribution in [1.82, 2.24) is 0 Å². The third-order valence-corrected chi connectivity index (χ3v) is 22.2. The predicted octanol–water partition coefficient (Wildman–Crippen LogP) is 19.8. The van der Waals surface area contributed by atoms with Crippen LogP contribution in [0.1, 0.15) is 183 Å². The lowest BCUT2D eigenvalue weighted by Gasteiger charge is -2.46. The maximum absolute atomic E-state index is 2.80. The normalized spacial score (nSPS) is 24.2. The van der Waals surface area contributed by atoms with Crippen LogP contribution in [-0.2, 0) is 27.1 Å². The number of hydrogen-bond acceptors (Lipinski definition) is 4. The van der Waals surface area contributed by atoms with Gasteiger partial charge in [-0.1, -0.05) is 176 Å². The second-order valence-corrected chi connectivity index (χ2v) is 31.2. The molecule has 80 heavy (non-hydrogen) atoms. The Morgan fingerprint density at radius 2 is 1.16 bits per heavy atom. The zero-order valence-electron chi connectivity index (χ0n) is 50.9. The van der Waals surface area contributed by atoms with E-state index in [2.05, 4.69) is 276 Å². The molecular weight excluding hydrogens is 986 g/mol. The average Bonchev–Trinajstić information content (AvgIpc) is 3.56. The Morgan fingerprint density at radius 1 is 0.588 bits per heavy atom. The Balaban J connectivity index is 1.17. The van der Waals surface area contributed by atoms with Crippen LogP contribution in [0.3, 0.4) is 0 Å². The first-order chi connectivity index (χ1) is 37.7. The van der Waals surface area contributed by atoms with Gasteiger partial charge >= 0.3 is 0 Å². The molecular formula is C75H86BN3S. The van der Waals surface area contributed by atoms with E-state index in [1.54, 1.807) is 0 Å². The lowest BCUT2D eigenvalue weighted by molar-refractivity contribution is 0.194. The summed E-state index contributed by atoms with van der Waals surface area (Å²) in [5, 5.41) is 1.40. The van der Waals surface area contributed by atoms with Gasteiger partial charge in [0.2, 0.25) is 0 Å². The van der Waals surface area contributed by atoms with Crippen LogP contribution in [0, 0.1) is 16.7 Å². The number of fused-ring (bicyclic) bond motifs is 9. The fourth-order valence-electron chi connectivity index (χ4n) is 15.2. The minimum absolute atomic E-state index is 0.0239. The van der Waals surface area contributed by atoms with Gasteiger partial charge in [-0.25, -0.2) is 0 Å². The van der Waals surface area contributed by atoms with Gasteiger partial charge in [0, 0.05) is 60.4 Å². The third kappa shape index (κ3) is 8.54. The number of allylic oxidation sites excluding steroid dienone is 9. The summed E-state index contributed by atoms with van der Waals surface area (Å²) in [6.07, 6.45) is 26.8. The molecule has 5 heteroatoms. The van der Waals surface area contributed by atoms with E-state index < -0.39 is 0 Å². The fraction of sp³-hybridized carbons (Fsp3) is 0.413. The summed E-state index contributed by atoms with van der Waals surface area (Å²) in [7, 11) is 0. The summed E-state index contributed by atoms with van der Waals surface area (Å²) >= 11 is 2.08. The van der Waals surface area contributed by atoms with Crippen molar-refractivity contribution in [3.63, 3.8) is 0 Å². The van der Waals surface area contributed by atoms with Crippen LogP contribution in [0.4, 0.5) is 34.1 Å². The van der Waals surface area contributed by atoms with Crippen LogP contribution in [-0.4, -0.2) is 6.71 Å². The first-order valence-electron chi connectivity index (χ1n) is 30.4. The van der Waals surface area contributed by atoms with E-state index in [0.29, 0.717) is 5.92 Å². The maximum atomic E-state index is 2.80. The van der Waals surface area contributed by atoms with Gasteiger partial charge in [-0.2, -0.15) is 0 Å². The van der Waals surface area contributed by atoms with Crippen LogP contribution in [0.25, 0.3) is 10.1 Å². The smallest absolute Gasteiger partial charge is 0.260 e. The van der Waals surface area contributed by atoms with E-state index in [1.165, 1.54) is 132 Å². The molecule has 0 N–H and O–H groups in total. The molecule has 0 saturated carbocycles. The van der Waals surface area contributed by atoms with E-state index in [0.717, 1.165) is 29.9 Å². The summed E-state index contributed by atoms with van der Waals surface area (Å²) in [4.78, 5) is 8.05. The number of hydrogen-bond donors (Lipinski definition) is 0. The Labute approximate surface area is 485 Å². The number of nitrogens with zero attached hydrogens (tertiary/aromatic N) is 3. The van der Waals surface area contributed by atoms with Crippen molar-refractivity contribution < 1.29 is 0 Å². The van der Waals surface area contributed by atoms with Crippen molar-refractivity contribution >= 4 is 72.5 Å². The number of thiophene rings is 1. The Morgan fingerprint density at radius 3 is 1.79 bits per heavy atom. The van der Waals surface area contributed by atoms with E-state index >= 15 is 0 Å². The summed E-state index contributed by atoms with van der Waals surface area (Å²) in [6.45, 7) is 37.3. The van der Waals surface area contributed by atoms with Crippen LogP contribution in [0.2, 0.25) is 0 Å². The molecule has 7 aliphatic rings. The molecule has 3 heterocycles. The van der Waals surface area contributed by atoms with Crippen molar-refractivity contribution in [2.45, 2.75) is 182 Å². The quantitative estimate of drug-likeness (QED) is 0.159. The van der Waals surface area contributed by atoms with Gasteiger partial charge in [-0.05, 0) is 213 Å². The lowest BCUT2D eigenvalue weighted by Crippen LogP contribution is -2.55. The molecule has 5 aliphatic carbocycles. The SMILES string of the molecule is CC1(C)CCC(C)(C)C2\C=C(N3C4=C(CC=CC(N(c5ccccc5)c5ccccc5)=C4)B4c5sc6cc7c(cc6c5N(c5ccc6c(c5)C(C)(C)CCC6(C)C)c5cc(C(C)(C)C)cc3c54)C(C)(C)CCC7(C)C)/C=C\C1=C\C2. The second kappa shape index (κ2) is 18.2. The third-order valence-electron chi connectivity index (χ3n) is 21.0. The van der Waals surface area contributed by atoms with E-state index in [4.69, 9.17) is 0 Å². The highest BCUT2D eigenvalue weighted by atomic mass is 32.1. The zero-order valence-corrected chi connectivity index (χ0v) is 51.7. The molecule has 13 rings (SSSR count). The molecule has 2 bridgehead atoms. The molecule has 0 fully saturated rings. The zero-order chi connectivity index (χ0) is 56.3. The van der Waals surface area contributed by atoms with Gasteiger partial charge in [-0.15, -0.1) is 11.3 Å². The highest BCUT2D eigenvalue weighted by Crippen LogP contribution is 2.56. The molecule has 3 nitrogen and oxygen atoms in total. The lowest BCUT2D eigenvalue weighted by atomic mass is 9.35. The Kier molecular flexibility index (Phi) is 12.1. The van der Waals surface area contributed by atoms with Crippen LogP contribution in [0.5, 0.6) is 0 Å². The molecule has 0 amide bonds.